The first-order chi connectivity index (χ1) is 12.7. The van der Waals surface area contributed by atoms with Crippen molar-refractivity contribution in [3.05, 3.63) is 59.4 Å². The van der Waals surface area contributed by atoms with E-state index in [1.165, 1.54) is 17.7 Å². The number of hydrogen-bond acceptors (Lipinski definition) is 2. The van der Waals surface area contributed by atoms with Crippen molar-refractivity contribution < 1.29 is 9.18 Å². The van der Waals surface area contributed by atoms with Gasteiger partial charge in [-0.05, 0) is 74.3 Å². The molecule has 3 rings (SSSR count). The highest BCUT2D eigenvalue weighted by Crippen LogP contribution is 2.32. The highest BCUT2D eigenvalue weighted by molar-refractivity contribution is 5.78. The molecule has 4 heteroatoms. The molecule has 0 saturated heterocycles. The van der Waals surface area contributed by atoms with E-state index in [0.717, 1.165) is 50.6 Å². The van der Waals surface area contributed by atoms with Crippen molar-refractivity contribution in [2.45, 2.75) is 44.4 Å². The molecule has 0 radical (unpaired) electrons. The molecule has 0 aliphatic heterocycles. The molecule has 3 N–H and O–H groups in total. The first kappa shape index (κ1) is 18.8. The van der Waals surface area contributed by atoms with Crippen LogP contribution < -0.4 is 11.1 Å². The Kier molecular flexibility index (Phi) is 6.62. The molecule has 0 aromatic heterocycles. The number of rotatable bonds is 7. The summed E-state index contributed by atoms with van der Waals surface area (Å²) in [5, 5.41) is 3.12. The molecule has 1 amide bonds. The number of carbonyl (C=O) groups is 1. The van der Waals surface area contributed by atoms with Crippen LogP contribution in [-0.2, 0) is 4.79 Å². The third kappa shape index (κ3) is 4.82. The molecule has 1 saturated carbocycles. The second-order valence-corrected chi connectivity index (χ2v) is 7.48. The minimum Gasteiger partial charge on any atom is -0.356 e. The molecule has 2 aliphatic carbocycles. The number of halogens is 1. The van der Waals surface area contributed by atoms with E-state index in [9.17, 15) is 9.18 Å². The van der Waals surface area contributed by atoms with E-state index in [4.69, 9.17) is 5.73 Å². The zero-order valence-electron chi connectivity index (χ0n) is 15.3. The van der Waals surface area contributed by atoms with Gasteiger partial charge in [0, 0.05) is 18.4 Å². The van der Waals surface area contributed by atoms with E-state index < -0.39 is 0 Å². The van der Waals surface area contributed by atoms with Gasteiger partial charge in [0.1, 0.15) is 5.82 Å². The van der Waals surface area contributed by atoms with Gasteiger partial charge in [-0.25, -0.2) is 4.39 Å². The van der Waals surface area contributed by atoms with Gasteiger partial charge in [0.25, 0.3) is 0 Å². The fraction of sp³-hybridized carbons (Fsp3) is 0.500. The van der Waals surface area contributed by atoms with Gasteiger partial charge in [-0.1, -0.05) is 30.4 Å². The molecule has 1 atom stereocenters. The molecule has 140 valence electrons. The lowest BCUT2D eigenvalue weighted by molar-refractivity contribution is -0.126. The van der Waals surface area contributed by atoms with Crippen LogP contribution in [0.4, 0.5) is 4.39 Å². The Bertz CT molecular complexity index is 657. The molecule has 1 aromatic carbocycles. The number of amides is 1. The summed E-state index contributed by atoms with van der Waals surface area (Å²) in [5.74, 6) is 0.873. The van der Waals surface area contributed by atoms with Gasteiger partial charge in [0.2, 0.25) is 5.91 Å². The highest BCUT2D eigenvalue weighted by Gasteiger charge is 2.25. The van der Waals surface area contributed by atoms with Gasteiger partial charge in [-0.2, -0.15) is 0 Å². The Morgan fingerprint density at radius 3 is 2.54 bits per heavy atom. The van der Waals surface area contributed by atoms with Crippen molar-refractivity contribution in [2.24, 2.45) is 17.6 Å². The smallest absolute Gasteiger partial charge is 0.223 e. The van der Waals surface area contributed by atoms with Crippen molar-refractivity contribution >= 4 is 5.91 Å². The maximum absolute atomic E-state index is 13.3. The van der Waals surface area contributed by atoms with Crippen LogP contribution in [0.5, 0.6) is 0 Å². The summed E-state index contributed by atoms with van der Waals surface area (Å²) in [6.45, 7) is 1.37. The van der Waals surface area contributed by atoms with E-state index >= 15 is 0 Å². The van der Waals surface area contributed by atoms with Crippen LogP contribution in [-0.4, -0.2) is 19.0 Å². The third-order valence-corrected chi connectivity index (χ3v) is 5.76. The van der Waals surface area contributed by atoms with Crippen LogP contribution in [0.25, 0.3) is 0 Å². The number of nitrogens with one attached hydrogen (secondary N) is 1. The number of benzene rings is 1. The second-order valence-electron chi connectivity index (χ2n) is 7.48. The predicted molar refractivity (Wildman–Crippen MR) is 103 cm³/mol. The fourth-order valence-corrected chi connectivity index (χ4v) is 4.10. The van der Waals surface area contributed by atoms with Gasteiger partial charge in [0.15, 0.2) is 0 Å². The highest BCUT2D eigenvalue weighted by atomic mass is 19.1. The van der Waals surface area contributed by atoms with Crippen LogP contribution in [0.1, 0.15) is 50.0 Å². The number of allylic oxidation sites excluding steroid dienone is 4. The number of carbonyl (C=O) groups excluding carboxylic acids is 1. The van der Waals surface area contributed by atoms with Gasteiger partial charge in [0.05, 0.1) is 0 Å². The molecule has 2 aliphatic rings. The van der Waals surface area contributed by atoms with E-state index in [0.29, 0.717) is 12.5 Å². The van der Waals surface area contributed by atoms with E-state index in [2.05, 4.69) is 23.5 Å². The summed E-state index contributed by atoms with van der Waals surface area (Å²) in [6, 6.07) is 6.72. The lowest BCUT2D eigenvalue weighted by Gasteiger charge is -2.27. The molecular weight excluding hydrogens is 327 g/mol. The summed E-state index contributed by atoms with van der Waals surface area (Å²) < 4.78 is 13.3. The standard InChI is InChI=1S/C22H29FN2O/c23-20-11-9-18(10-12-20)21(17-3-1-2-4-17)13-14-25-22(26)19-7-5-16(15-24)6-8-19/h1,3-4,9-12,16,19,21H,2,5-8,13-15,24H2,(H,25,26). The minimum absolute atomic E-state index is 0.132. The Morgan fingerprint density at radius 2 is 1.92 bits per heavy atom. The zero-order valence-corrected chi connectivity index (χ0v) is 15.3. The van der Waals surface area contributed by atoms with Gasteiger partial charge >= 0.3 is 0 Å². The predicted octanol–water partition coefficient (Wildman–Crippen LogP) is 4.07. The minimum atomic E-state index is -0.218. The maximum Gasteiger partial charge on any atom is 0.223 e. The lowest BCUT2D eigenvalue weighted by Crippen LogP contribution is -2.35. The van der Waals surface area contributed by atoms with Crippen molar-refractivity contribution in [3.63, 3.8) is 0 Å². The van der Waals surface area contributed by atoms with E-state index in [-0.39, 0.29) is 23.6 Å². The average molecular weight is 356 g/mol. The SMILES string of the molecule is NCC1CCC(C(=O)NCCC(C2=CCC=C2)c2ccc(F)cc2)CC1. The molecule has 1 aromatic rings. The molecule has 0 spiro atoms. The Labute approximate surface area is 155 Å². The molecular formula is C22H29FN2O. The normalized spacial score (nSPS) is 23.5. The Hall–Kier alpha value is -1.94. The zero-order chi connectivity index (χ0) is 18.4. The van der Waals surface area contributed by atoms with Crippen molar-refractivity contribution in [1.29, 1.82) is 0 Å². The van der Waals surface area contributed by atoms with Crippen LogP contribution in [0.2, 0.25) is 0 Å². The van der Waals surface area contributed by atoms with Crippen LogP contribution in [0, 0.1) is 17.7 Å². The topological polar surface area (TPSA) is 55.1 Å². The summed E-state index contributed by atoms with van der Waals surface area (Å²) >= 11 is 0. The first-order valence-electron chi connectivity index (χ1n) is 9.77. The Morgan fingerprint density at radius 1 is 1.19 bits per heavy atom. The molecule has 26 heavy (non-hydrogen) atoms. The van der Waals surface area contributed by atoms with E-state index in [1.54, 1.807) is 0 Å². The van der Waals surface area contributed by atoms with Gasteiger partial charge < -0.3 is 11.1 Å². The number of nitrogens with two attached hydrogens (primary N) is 1. The van der Waals surface area contributed by atoms with Crippen LogP contribution in [0.3, 0.4) is 0 Å². The Balaban J connectivity index is 1.54. The maximum atomic E-state index is 13.3. The summed E-state index contributed by atoms with van der Waals surface area (Å²) in [6.07, 6.45) is 12.3. The largest absolute Gasteiger partial charge is 0.356 e. The lowest BCUT2D eigenvalue weighted by atomic mass is 9.81. The molecule has 1 unspecified atom stereocenters. The molecule has 0 bridgehead atoms. The summed E-state index contributed by atoms with van der Waals surface area (Å²) in [4.78, 5) is 12.5. The van der Waals surface area contributed by atoms with Crippen LogP contribution in [0.15, 0.2) is 48.1 Å². The fourth-order valence-electron chi connectivity index (χ4n) is 4.10. The molecule has 1 fully saturated rings. The van der Waals surface area contributed by atoms with Crippen LogP contribution >= 0.6 is 0 Å². The van der Waals surface area contributed by atoms with E-state index in [1.807, 2.05) is 12.1 Å². The summed E-state index contributed by atoms with van der Waals surface area (Å²) in [5.41, 5.74) is 8.09. The number of hydrogen-bond donors (Lipinski definition) is 2. The average Bonchev–Trinajstić information content (AvgIpc) is 3.20. The van der Waals surface area contributed by atoms with Crippen molar-refractivity contribution in [3.8, 4) is 0 Å². The first-order valence-corrected chi connectivity index (χ1v) is 9.77. The van der Waals surface area contributed by atoms with Crippen molar-refractivity contribution in [2.75, 3.05) is 13.1 Å². The molecule has 3 nitrogen and oxygen atoms in total. The molecule has 0 heterocycles. The monoisotopic (exact) mass is 356 g/mol. The van der Waals surface area contributed by atoms with Gasteiger partial charge in [-0.15, -0.1) is 0 Å². The third-order valence-electron chi connectivity index (χ3n) is 5.76. The van der Waals surface area contributed by atoms with Gasteiger partial charge in [-0.3, -0.25) is 4.79 Å². The van der Waals surface area contributed by atoms with Crippen molar-refractivity contribution in [1.82, 2.24) is 5.32 Å². The summed E-state index contributed by atoms with van der Waals surface area (Å²) in [7, 11) is 0. The quantitative estimate of drug-likeness (QED) is 0.774. The second kappa shape index (κ2) is 9.13.